The Hall–Kier alpha value is -1.76. The molecule has 1 atom stereocenters. The molecule has 0 radical (unpaired) electrons. The van der Waals surface area contributed by atoms with Crippen molar-refractivity contribution in [2.45, 2.75) is 12.5 Å². The van der Waals surface area contributed by atoms with Gasteiger partial charge >= 0.3 is 12.0 Å². The summed E-state index contributed by atoms with van der Waals surface area (Å²) >= 11 is 1.50. The summed E-state index contributed by atoms with van der Waals surface area (Å²) in [6, 6.07) is 3.64. The van der Waals surface area contributed by atoms with Gasteiger partial charge in [-0.05, 0) is 42.7 Å². The van der Waals surface area contributed by atoms with Gasteiger partial charge < -0.3 is 15.7 Å². The van der Waals surface area contributed by atoms with Gasteiger partial charge in [0.05, 0.1) is 0 Å². The molecule has 2 amide bonds. The molecule has 0 heterocycles. The van der Waals surface area contributed by atoms with E-state index in [1.807, 2.05) is 6.26 Å². The summed E-state index contributed by atoms with van der Waals surface area (Å²) in [5, 5.41) is 13.8. The van der Waals surface area contributed by atoms with Gasteiger partial charge in [0.2, 0.25) is 0 Å². The quantitative estimate of drug-likeness (QED) is 0.748. The van der Waals surface area contributed by atoms with Gasteiger partial charge in [-0.25, -0.2) is 14.0 Å². The molecule has 1 aromatic rings. The molecule has 0 aliphatic rings. The van der Waals surface area contributed by atoms with Crippen LogP contribution in [0.3, 0.4) is 0 Å². The van der Waals surface area contributed by atoms with Crippen LogP contribution in [0.25, 0.3) is 0 Å². The normalized spacial score (nSPS) is 11.7. The van der Waals surface area contributed by atoms with Crippen LogP contribution in [-0.2, 0) is 4.79 Å². The number of thioether (sulfide) groups is 1. The van der Waals surface area contributed by atoms with Gasteiger partial charge in [-0.2, -0.15) is 11.8 Å². The molecule has 0 aliphatic carbocycles. The molecule has 7 heteroatoms. The van der Waals surface area contributed by atoms with E-state index in [0.29, 0.717) is 17.9 Å². The predicted octanol–water partition coefficient (Wildman–Crippen LogP) is 2.15. The summed E-state index contributed by atoms with van der Waals surface area (Å²) in [7, 11) is 0. The minimum atomic E-state index is -1.08. The summed E-state index contributed by atoms with van der Waals surface area (Å²) in [6.45, 7) is 0. The molecule has 5 nitrogen and oxygen atoms in total. The number of carbonyl (C=O) groups is 2. The number of nitrogens with one attached hydrogen (secondary N) is 2. The fourth-order valence-corrected chi connectivity index (χ4v) is 1.82. The molecule has 3 N–H and O–H groups in total. The van der Waals surface area contributed by atoms with Gasteiger partial charge in [-0.15, -0.1) is 0 Å². The fraction of sp³-hybridized carbons (Fsp3) is 0.333. The lowest BCUT2D eigenvalue weighted by Gasteiger charge is -2.14. The summed E-state index contributed by atoms with van der Waals surface area (Å²) in [5.74, 6) is -0.856. The highest BCUT2D eigenvalue weighted by molar-refractivity contribution is 7.98. The number of hydrogen-bond donors (Lipinski definition) is 3. The van der Waals surface area contributed by atoms with Crippen molar-refractivity contribution < 1.29 is 19.1 Å². The highest BCUT2D eigenvalue weighted by atomic mass is 32.2. The van der Waals surface area contributed by atoms with E-state index in [0.717, 1.165) is 0 Å². The maximum Gasteiger partial charge on any atom is 0.326 e. The number of benzene rings is 1. The molecule has 0 spiro atoms. The molecular weight excluding hydrogens is 271 g/mol. The Morgan fingerprint density at radius 1 is 1.37 bits per heavy atom. The first-order chi connectivity index (χ1) is 9.02. The van der Waals surface area contributed by atoms with Gasteiger partial charge in [0.1, 0.15) is 11.9 Å². The lowest BCUT2D eigenvalue weighted by molar-refractivity contribution is -0.139. The van der Waals surface area contributed by atoms with E-state index < -0.39 is 23.9 Å². The summed E-state index contributed by atoms with van der Waals surface area (Å²) < 4.78 is 12.7. The number of rotatable bonds is 6. The molecule has 0 aliphatic heterocycles. The molecule has 0 aromatic heterocycles. The molecule has 1 unspecified atom stereocenters. The summed E-state index contributed by atoms with van der Waals surface area (Å²) in [5.41, 5.74) is 0.396. The second-order valence-electron chi connectivity index (χ2n) is 3.78. The van der Waals surface area contributed by atoms with Crippen LogP contribution in [-0.4, -0.2) is 35.2 Å². The number of carboxylic acid groups (broad SMARTS) is 1. The lowest BCUT2D eigenvalue weighted by Crippen LogP contribution is -2.43. The van der Waals surface area contributed by atoms with E-state index in [9.17, 15) is 14.0 Å². The number of urea groups is 1. The minimum absolute atomic E-state index is 0.341. The van der Waals surface area contributed by atoms with Crippen LogP contribution in [0.5, 0.6) is 0 Å². The van der Waals surface area contributed by atoms with Gasteiger partial charge in [0.15, 0.2) is 0 Å². The van der Waals surface area contributed by atoms with Crippen molar-refractivity contribution in [1.29, 1.82) is 0 Å². The molecular formula is C12H15FN2O3S. The van der Waals surface area contributed by atoms with Gasteiger partial charge in [-0.1, -0.05) is 0 Å². The van der Waals surface area contributed by atoms with E-state index in [-0.39, 0.29) is 0 Å². The van der Waals surface area contributed by atoms with Crippen LogP contribution in [0.1, 0.15) is 6.42 Å². The molecule has 1 aromatic carbocycles. The number of anilines is 1. The van der Waals surface area contributed by atoms with E-state index in [4.69, 9.17) is 5.11 Å². The smallest absolute Gasteiger partial charge is 0.326 e. The summed E-state index contributed by atoms with van der Waals surface area (Å²) in [4.78, 5) is 22.5. The first-order valence-electron chi connectivity index (χ1n) is 5.57. The molecule has 0 saturated carbocycles. The standard InChI is InChI=1S/C12H15FN2O3S/c1-19-7-6-10(11(16)17)15-12(18)14-9-4-2-8(13)3-5-9/h2-5,10H,6-7H2,1H3,(H,16,17)(H2,14,15,18). The Balaban J connectivity index is 2.52. The zero-order chi connectivity index (χ0) is 14.3. The summed E-state index contributed by atoms with van der Waals surface area (Å²) in [6.07, 6.45) is 2.20. The molecule has 0 fully saturated rings. The Morgan fingerprint density at radius 3 is 2.53 bits per heavy atom. The average Bonchev–Trinajstić information content (AvgIpc) is 2.37. The molecule has 1 rings (SSSR count). The van der Waals surface area contributed by atoms with Crippen molar-refractivity contribution in [3.8, 4) is 0 Å². The Morgan fingerprint density at radius 2 is 2.00 bits per heavy atom. The van der Waals surface area contributed by atoms with Crippen molar-refractivity contribution in [3.63, 3.8) is 0 Å². The van der Waals surface area contributed by atoms with Crippen molar-refractivity contribution in [1.82, 2.24) is 5.32 Å². The van der Waals surface area contributed by atoms with Crippen molar-refractivity contribution in [3.05, 3.63) is 30.1 Å². The molecule has 0 bridgehead atoms. The third-order valence-corrected chi connectivity index (χ3v) is 2.96. The number of hydrogen-bond acceptors (Lipinski definition) is 3. The second-order valence-corrected chi connectivity index (χ2v) is 4.76. The first kappa shape index (κ1) is 15.3. The fourth-order valence-electron chi connectivity index (χ4n) is 1.35. The van der Waals surface area contributed by atoms with Crippen molar-refractivity contribution in [2.75, 3.05) is 17.3 Å². The lowest BCUT2D eigenvalue weighted by atomic mass is 10.2. The van der Waals surface area contributed by atoms with E-state index in [1.54, 1.807) is 0 Å². The minimum Gasteiger partial charge on any atom is -0.480 e. The topological polar surface area (TPSA) is 78.4 Å². The van der Waals surface area contributed by atoms with Crippen LogP contribution in [0.2, 0.25) is 0 Å². The van der Waals surface area contributed by atoms with Crippen molar-refractivity contribution in [2.24, 2.45) is 0 Å². The Labute approximate surface area is 114 Å². The van der Waals surface area contributed by atoms with Crippen LogP contribution in [0.15, 0.2) is 24.3 Å². The van der Waals surface area contributed by atoms with Crippen molar-refractivity contribution >= 4 is 29.4 Å². The molecule has 19 heavy (non-hydrogen) atoms. The van der Waals surface area contributed by atoms with E-state index in [1.165, 1.54) is 36.0 Å². The maximum absolute atomic E-state index is 12.7. The Bertz CT molecular complexity index is 439. The number of amides is 2. The zero-order valence-electron chi connectivity index (χ0n) is 10.4. The van der Waals surface area contributed by atoms with Crippen LogP contribution < -0.4 is 10.6 Å². The first-order valence-corrected chi connectivity index (χ1v) is 6.97. The second kappa shape index (κ2) is 7.63. The monoisotopic (exact) mass is 286 g/mol. The average molecular weight is 286 g/mol. The van der Waals surface area contributed by atoms with Gasteiger partial charge in [0, 0.05) is 5.69 Å². The largest absolute Gasteiger partial charge is 0.480 e. The number of aliphatic carboxylic acids is 1. The van der Waals surface area contributed by atoms with Crippen LogP contribution in [0.4, 0.5) is 14.9 Å². The SMILES string of the molecule is CSCCC(NC(=O)Nc1ccc(F)cc1)C(=O)O. The van der Waals surface area contributed by atoms with Gasteiger partial charge in [-0.3, -0.25) is 0 Å². The number of carboxylic acids is 1. The number of halogens is 1. The van der Waals surface area contributed by atoms with Crippen LogP contribution >= 0.6 is 11.8 Å². The zero-order valence-corrected chi connectivity index (χ0v) is 11.2. The predicted molar refractivity (Wildman–Crippen MR) is 73.0 cm³/mol. The third-order valence-electron chi connectivity index (χ3n) is 2.32. The van der Waals surface area contributed by atoms with Gasteiger partial charge in [0.25, 0.3) is 0 Å². The maximum atomic E-state index is 12.7. The highest BCUT2D eigenvalue weighted by Crippen LogP contribution is 2.08. The van der Waals surface area contributed by atoms with Crippen LogP contribution in [0, 0.1) is 5.82 Å². The molecule has 104 valence electrons. The van der Waals surface area contributed by atoms with E-state index >= 15 is 0 Å². The van der Waals surface area contributed by atoms with E-state index in [2.05, 4.69) is 10.6 Å². The number of carbonyl (C=O) groups excluding carboxylic acids is 1. The highest BCUT2D eigenvalue weighted by Gasteiger charge is 2.19. The third kappa shape index (κ3) is 5.60. The molecule has 0 saturated heterocycles. The Kier molecular flexibility index (Phi) is 6.14.